The number of nitrogens with zero attached hydrogens (tertiary/aromatic N) is 4. The third-order valence-corrected chi connectivity index (χ3v) is 5.04. The van der Waals surface area contributed by atoms with Crippen molar-refractivity contribution in [2.45, 2.75) is 6.10 Å². The fourth-order valence-corrected chi connectivity index (χ4v) is 3.30. The molecule has 1 aromatic carbocycles. The Bertz CT molecular complexity index is 713. The van der Waals surface area contributed by atoms with Gasteiger partial charge in [0.05, 0.1) is 32.8 Å². The van der Waals surface area contributed by atoms with Crippen LogP contribution in [0.2, 0.25) is 0 Å². The SMILES string of the molecule is COC(=S)NCC1CN(c2ccc(N3CCN(CC#N)CC3)cc2)C(=O)O1. The van der Waals surface area contributed by atoms with Crippen LogP contribution in [0.5, 0.6) is 0 Å². The smallest absolute Gasteiger partial charge is 0.414 e. The molecule has 0 aliphatic carbocycles. The third-order valence-electron chi connectivity index (χ3n) is 4.73. The normalized spacial score (nSPS) is 20.1. The average molecular weight is 389 g/mol. The first-order chi connectivity index (χ1) is 13.1. The molecule has 2 aliphatic rings. The van der Waals surface area contributed by atoms with Crippen LogP contribution in [0.4, 0.5) is 16.2 Å². The van der Waals surface area contributed by atoms with Crippen molar-refractivity contribution >= 4 is 34.9 Å². The molecule has 27 heavy (non-hydrogen) atoms. The molecule has 2 aliphatic heterocycles. The molecule has 144 valence electrons. The van der Waals surface area contributed by atoms with E-state index in [0.29, 0.717) is 19.6 Å². The van der Waals surface area contributed by atoms with Crippen molar-refractivity contribution in [2.75, 3.05) is 62.7 Å². The first kappa shape index (κ1) is 19.2. The Kier molecular flexibility index (Phi) is 6.32. The van der Waals surface area contributed by atoms with Crippen molar-refractivity contribution in [3.63, 3.8) is 0 Å². The van der Waals surface area contributed by atoms with E-state index < -0.39 is 0 Å². The highest BCUT2D eigenvalue weighted by atomic mass is 32.1. The molecular formula is C18H23N5O3S. The Morgan fingerprint density at radius 3 is 2.59 bits per heavy atom. The second kappa shape index (κ2) is 8.88. The number of carbonyl (C=O) groups excluding carboxylic acids is 1. The predicted octanol–water partition coefficient (Wildman–Crippen LogP) is 1.18. The van der Waals surface area contributed by atoms with Crippen LogP contribution < -0.4 is 15.1 Å². The van der Waals surface area contributed by atoms with Gasteiger partial charge in [0.15, 0.2) is 0 Å². The highest BCUT2D eigenvalue weighted by Gasteiger charge is 2.32. The van der Waals surface area contributed by atoms with Crippen molar-refractivity contribution in [3.05, 3.63) is 24.3 Å². The van der Waals surface area contributed by atoms with Crippen LogP contribution in [0.1, 0.15) is 0 Å². The number of cyclic esters (lactones) is 1. The number of hydrogen-bond donors (Lipinski definition) is 1. The van der Waals surface area contributed by atoms with Crippen LogP contribution in [0.15, 0.2) is 24.3 Å². The van der Waals surface area contributed by atoms with E-state index in [9.17, 15) is 4.79 Å². The standard InChI is InChI=1S/C18H23N5O3S/c1-25-17(27)20-12-16-13-23(18(24)26-16)15-4-2-14(3-5-15)22-10-8-21(7-6-19)9-11-22/h2-5,16H,7-13H2,1H3,(H,20,27). The lowest BCUT2D eigenvalue weighted by Gasteiger charge is -2.35. The number of thiocarbonyl (C=S) groups is 1. The average Bonchev–Trinajstić information content (AvgIpc) is 3.08. The van der Waals surface area contributed by atoms with Crippen molar-refractivity contribution in [2.24, 2.45) is 0 Å². The second-order valence-electron chi connectivity index (χ2n) is 6.43. The van der Waals surface area contributed by atoms with Gasteiger partial charge in [-0.25, -0.2) is 4.79 Å². The minimum Gasteiger partial charge on any atom is -0.474 e. The number of ether oxygens (including phenoxy) is 2. The first-order valence-electron chi connectivity index (χ1n) is 8.85. The van der Waals surface area contributed by atoms with Crippen molar-refractivity contribution in [1.29, 1.82) is 5.26 Å². The van der Waals surface area contributed by atoms with Gasteiger partial charge >= 0.3 is 6.09 Å². The molecule has 1 unspecified atom stereocenters. The number of amides is 1. The molecule has 0 bridgehead atoms. The fraction of sp³-hybridized carbons (Fsp3) is 0.500. The number of benzene rings is 1. The largest absolute Gasteiger partial charge is 0.474 e. The van der Waals surface area contributed by atoms with Gasteiger partial charge in [-0.1, -0.05) is 0 Å². The van der Waals surface area contributed by atoms with Crippen LogP contribution in [0.25, 0.3) is 0 Å². The lowest BCUT2D eigenvalue weighted by Crippen LogP contribution is -2.46. The molecule has 1 aromatic rings. The first-order valence-corrected chi connectivity index (χ1v) is 9.26. The van der Waals surface area contributed by atoms with Gasteiger partial charge < -0.3 is 19.7 Å². The van der Waals surface area contributed by atoms with Gasteiger partial charge in [-0.2, -0.15) is 5.26 Å². The Labute approximate surface area is 164 Å². The van der Waals surface area contributed by atoms with Crippen LogP contribution in [-0.2, 0) is 9.47 Å². The van der Waals surface area contributed by atoms with Crippen LogP contribution in [0.3, 0.4) is 0 Å². The molecule has 3 rings (SSSR count). The topological polar surface area (TPSA) is 81.1 Å². The molecule has 1 atom stereocenters. The minimum atomic E-state index is -0.358. The third kappa shape index (κ3) is 4.78. The zero-order valence-corrected chi connectivity index (χ0v) is 16.1. The quantitative estimate of drug-likeness (QED) is 0.594. The highest BCUT2D eigenvalue weighted by Crippen LogP contribution is 2.25. The molecule has 2 heterocycles. The number of methoxy groups -OCH3 is 1. The fourth-order valence-electron chi connectivity index (χ4n) is 3.22. The maximum absolute atomic E-state index is 12.2. The van der Waals surface area contributed by atoms with E-state index in [1.807, 2.05) is 24.3 Å². The summed E-state index contributed by atoms with van der Waals surface area (Å²) in [6, 6.07) is 10.1. The summed E-state index contributed by atoms with van der Waals surface area (Å²) in [5.41, 5.74) is 1.93. The summed E-state index contributed by atoms with van der Waals surface area (Å²) in [6.45, 7) is 4.90. The molecule has 0 aromatic heterocycles. The van der Waals surface area contributed by atoms with Crippen LogP contribution in [-0.4, -0.2) is 75.2 Å². The summed E-state index contributed by atoms with van der Waals surface area (Å²) in [5.74, 6) is 0. The van der Waals surface area contributed by atoms with E-state index in [2.05, 4.69) is 21.2 Å². The maximum atomic E-state index is 12.2. The molecular weight excluding hydrogens is 366 g/mol. The molecule has 2 fully saturated rings. The van der Waals surface area contributed by atoms with Gasteiger partial charge in [0.2, 0.25) is 0 Å². The van der Waals surface area contributed by atoms with Crippen molar-refractivity contribution in [1.82, 2.24) is 10.2 Å². The van der Waals surface area contributed by atoms with E-state index in [1.54, 1.807) is 4.90 Å². The Morgan fingerprint density at radius 1 is 1.30 bits per heavy atom. The van der Waals surface area contributed by atoms with Gasteiger partial charge in [-0.3, -0.25) is 9.80 Å². The number of piperazine rings is 1. The van der Waals surface area contributed by atoms with Gasteiger partial charge in [-0.05, 0) is 36.5 Å². The zero-order chi connectivity index (χ0) is 19.2. The lowest BCUT2D eigenvalue weighted by molar-refractivity contribution is 0.142. The molecule has 1 amide bonds. The van der Waals surface area contributed by atoms with Gasteiger partial charge in [0.1, 0.15) is 6.10 Å². The van der Waals surface area contributed by atoms with Crippen molar-refractivity contribution < 1.29 is 14.3 Å². The summed E-state index contributed by atoms with van der Waals surface area (Å²) in [5, 5.41) is 12.0. The number of anilines is 2. The van der Waals surface area contributed by atoms with Crippen LogP contribution >= 0.6 is 12.2 Å². The predicted molar refractivity (Wildman–Crippen MR) is 106 cm³/mol. The Morgan fingerprint density at radius 2 is 1.96 bits per heavy atom. The van der Waals surface area contributed by atoms with Gasteiger partial charge in [-0.15, -0.1) is 0 Å². The van der Waals surface area contributed by atoms with Crippen LogP contribution in [0, 0.1) is 11.3 Å². The number of nitrogens with one attached hydrogen (secondary N) is 1. The second-order valence-corrected chi connectivity index (χ2v) is 6.80. The Balaban J connectivity index is 1.55. The molecule has 9 heteroatoms. The Hall–Kier alpha value is -2.57. The van der Waals surface area contributed by atoms with E-state index in [-0.39, 0.29) is 17.4 Å². The van der Waals surface area contributed by atoms with Gasteiger partial charge in [0.25, 0.3) is 5.17 Å². The van der Waals surface area contributed by atoms with Gasteiger partial charge in [0, 0.05) is 37.6 Å². The maximum Gasteiger partial charge on any atom is 0.414 e. The highest BCUT2D eigenvalue weighted by molar-refractivity contribution is 7.80. The van der Waals surface area contributed by atoms with E-state index in [0.717, 1.165) is 37.6 Å². The number of rotatable bonds is 5. The van der Waals surface area contributed by atoms with E-state index in [1.165, 1.54) is 7.11 Å². The summed E-state index contributed by atoms with van der Waals surface area (Å²) >= 11 is 4.93. The summed E-state index contributed by atoms with van der Waals surface area (Å²) < 4.78 is 10.3. The molecule has 2 saturated heterocycles. The monoisotopic (exact) mass is 389 g/mol. The lowest BCUT2D eigenvalue weighted by atomic mass is 10.2. The minimum absolute atomic E-state index is 0.279. The molecule has 1 N–H and O–H groups in total. The van der Waals surface area contributed by atoms with E-state index in [4.69, 9.17) is 27.0 Å². The summed E-state index contributed by atoms with van der Waals surface area (Å²) in [6.07, 6.45) is -0.638. The molecule has 8 nitrogen and oxygen atoms in total. The van der Waals surface area contributed by atoms with E-state index >= 15 is 0 Å². The number of hydrogen-bond acceptors (Lipinski definition) is 7. The molecule has 0 saturated carbocycles. The van der Waals surface area contributed by atoms with Crippen molar-refractivity contribution in [3.8, 4) is 6.07 Å². The zero-order valence-electron chi connectivity index (χ0n) is 15.3. The molecule has 0 spiro atoms. The number of carbonyl (C=O) groups is 1. The summed E-state index contributed by atoms with van der Waals surface area (Å²) in [7, 11) is 1.49. The molecule has 0 radical (unpaired) electrons. The summed E-state index contributed by atoms with van der Waals surface area (Å²) in [4.78, 5) is 18.2. The number of nitriles is 1.